The monoisotopic (exact) mass is 511 g/mol. The van der Waals surface area contributed by atoms with Crippen LogP contribution in [0.25, 0.3) is 0 Å². The normalized spacial score (nSPS) is 21.2. The molecule has 0 aromatic heterocycles. The third-order valence-corrected chi connectivity index (χ3v) is 7.88. The number of hydrogen-bond donors (Lipinski definition) is 3. The maximum Gasteiger partial charge on any atom is 0.411 e. The lowest BCUT2D eigenvalue weighted by Gasteiger charge is -2.45. The Labute approximate surface area is 221 Å². The Morgan fingerprint density at radius 1 is 1.05 bits per heavy atom. The van der Waals surface area contributed by atoms with Crippen LogP contribution in [0.4, 0.5) is 4.79 Å². The van der Waals surface area contributed by atoms with Crippen molar-refractivity contribution >= 4 is 18.5 Å². The largest absolute Gasteiger partial charge is 0.438 e. The lowest BCUT2D eigenvalue weighted by molar-refractivity contribution is -0.117. The molecule has 3 rings (SSSR count). The molecular formula is C29H42BNO6. The van der Waals surface area contributed by atoms with E-state index >= 15 is 0 Å². The second-order valence-corrected chi connectivity index (χ2v) is 11.7. The quantitative estimate of drug-likeness (QED) is 0.417. The number of aliphatic hydroxyl groups excluding tert-OH is 1. The second-order valence-electron chi connectivity index (χ2n) is 11.7. The second kappa shape index (κ2) is 10.8. The number of aliphatic hydroxyl groups is 3. The average molecular weight is 511 g/mol. The molecule has 1 unspecified atom stereocenters. The number of amides is 1. The minimum atomic E-state index is -1.39. The van der Waals surface area contributed by atoms with Crippen LogP contribution in [-0.2, 0) is 15.0 Å². The van der Waals surface area contributed by atoms with Gasteiger partial charge in [-0.05, 0) is 58.1 Å². The first-order valence-electron chi connectivity index (χ1n) is 13.0. The van der Waals surface area contributed by atoms with Crippen molar-refractivity contribution in [3.63, 3.8) is 0 Å². The van der Waals surface area contributed by atoms with E-state index in [1.165, 1.54) is 0 Å². The molecule has 0 aliphatic carbocycles. The summed E-state index contributed by atoms with van der Waals surface area (Å²) in [7, 11) is 0. The first-order valence-corrected chi connectivity index (χ1v) is 13.0. The highest BCUT2D eigenvalue weighted by Crippen LogP contribution is 2.42. The fraction of sp³-hybridized carbons (Fsp3) is 0.552. The third-order valence-electron chi connectivity index (χ3n) is 7.88. The molecule has 0 spiro atoms. The Kier molecular flexibility index (Phi) is 8.49. The van der Waals surface area contributed by atoms with Crippen LogP contribution in [0.5, 0.6) is 0 Å². The van der Waals surface area contributed by atoms with Gasteiger partial charge in [-0.3, -0.25) is 0 Å². The molecule has 2 aromatic carbocycles. The first-order chi connectivity index (χ1) is 17.1. The fourth-order valence-corrected chi connectivity index (χ4v) is 4.74. The number of cyclic esters (lactones) is 1. The van der Waals surface area contributed by atoms with E-state index in [2.05, 4.69) is 0 Å². The summed E-state index contributed by atoms with van der Waals surface area (Å²) in [6.07, 6.45) is 0.129. The van der Waals surface area contributed by atoms with Crippen molar-refractivity contribution in [3.8, 4) is 0 Å². The van der Waals surface area contributed by atoms with Gasteiger partial charge in [0.05, 0.1) is 29.5 Å². The smallest absolute Gasteiger partial charge is 0.411 e. The van der Waals surface area contributed by atoms with E-state index in [0.717, 1.165) is 16.6 Å². The van der Waals surface area contributed by atoms with Crippen LogP contribution >= 0.6 is 0 Å². The molecule has 2 aromatic rings. The molecule has 0 radical (unpaired) electrons. The minimum absolute atomic E-state index is 0.0993. The summed E-state index contributed by atoms with van der Waals surface area (Å²) < 4.78 is 12.2. The standard InChI is InChI=1S/C29H42BNO6/c1-21(22-13-15-24(16-14-22)30(7)37-27(4,5)26(2,3)34)31-18-17-29(36-25(31)33,19-28(6,35)20-32)23-11-9-8-10-12-23/h8-16,21,32,34-35H,17-20H2,1-7H3/t21-,28?,29-/m0/s1. The highest BCUT2D eigenvalue weighted by molar-refractivity contribution is 6.66. The first kappa shape index (κ1) is 29.2. The maximum atomic E-state index is 13.3. The SMILES string of the molecule is CB(OC(C)(C)C(C)(C)O)c1ccc([C@H](C)N2CC[C@](CC(C)(O)CO)(c3ccccc3)OC2=O)cc1. The zero-order valence-corrected chi connectivity index (χ0v) is 23.2. The van der Waals surface area contributed by atoms with E-state index in [1.54, 1.807) is 25.7 Å². The van der Waals surface area contributed by atoms with Crippen LogP contribution in [0, 0.1) is 0 Å². The van der Waals surface area contributed by atoms with E-state index in [-0.39, 0.29) is 19.4 Å². The van der Waals surface area contributed by atoms with Crippen molar-refractivity contribution in [1.82, 2.24) is 4.90 Å². The third kappa shape index (κ3) is 6.55. The van der Waals surface area contributed by atoms with Crippen LogP contribution < -0.4 is 5.46 Å². The molecule has 1 aliphatic heterocycles. The highest BCUT2D eigenvalue weighted by atomic mass is 16.6. The molecule has 1 fully saturated rings. The van der Waals surface area contributed by atoms with E-state index in [9.17, 15) is 20.1 Å². The Morgan fingerprint density at radius 2 is 1.65 bits per heavy atom. The van der Waals surface area contributed by atoms with Crippen molar-refractivity contribution in [2.24, 2.45) is 0 Å². The molecular weight excluding hydrogens is 469 g/mol. The summed E-state index contributed by atoms with van der Waals surface area (Å²) in [5.74, 6) is 0. The van der Waals surface area contributed by atoms with Gasteiger partial charge in [0.1, 0.15) is 5.60 Å². The molecule has 3 N–H and O–H groups in total. The van der Waals surface area contributed by atoms with Gasteiger partial charge in [-0.15, -0.1) is 0 Å². The number of hydrogen-bond acceptors (Lipinski definition) is 6. The summed E-state index contributed by atoms with van der Waals surface area (Å²) in [6, 6.07) is 17.1. The summed E-state index contributed by atoms with van der Waals surface area (Å²) in [5.41, 5.74) is -1.40. The van der Waals surface area contributed by atoms with Gasteiger partial charge in [0.15, 0.2) is 0 Å². The Hall–Kier alpha value is -2.39. The van der Waals surface area contributed by atoms with Gasteiger partial charge in [-0.2, -0.15) is 0 Å². The van der Waals surface area contributed by atoms with Gasteiger partial charge in [0.2, 0.25) is 0 Å². The Balaban J connectivity index is 1.76. The number of carbonyl (C=O) groups is 1. The molecule has 8 heteroatoms. The lowest BCUT2D eigenvalue weighted by Crippen LogP contribution is -2.52. The van der Waals surface area contributed by atoms with Crippen molar-refractivity contribution in [1.29, 1.82) is 0 Å². The van der Waals surface area contributed by atoms with Crippen molar-refractivity contribution in [3.05, 3.63) is 65.7 Å². The molecule has 0 bridgehead atoms. The number of nitrogens with zero attached hydrogens (tertiary/aromatic N) is 1. The van der Waals surface area contributed by atoms with Gasteiger partial charge in [0.25, 0.3) is 0 Å². The topological polar surface area (TPSA) is 99.5 Å². The number of carbonyl (C=O) groups excluding carboxylic acids is 1. The Bertz CT molecular complexity index is 1050. The van der Waals surface area contributed by atoms with Gasteiger partial charge < -0.3 is 29.6 Å². The van der Waals surface area contributed by atoms with Crippen LogP contribution in [0.15, 0.2) is 54.6 Å². The summed E-state index contributed by atoms with van der Waals surface area (Å²) in [4.78, 5) is 15.0. The number of rotatable bonds is 10. The van der Waals surface area contributed by atoms with Crippen LogP contribution in [0.1, 0.15) is 71.6 Å². The molecule has 202 valence electrons. The van der Waals surface area contributed by atoms with Gasteiger partial charge >= 0.3 is 13.0 Å². The van der Waals surface area contributed by atoms with Crippen molar-refractivity contribution < 1.29 is 29.5 Å². The van der Waals surface area contributed by atoms with Crippen molar-refractivity contribution in [2.75, 3.05) is 13.2 Å². The van der Waals surface area contributed by atoms with Crippen LogP contribution in [0.3, 0.4) is 0 Å². The predicted octanol–water partition coefficient (Wildman–Crippen LogP) is 4.01. The minimum Gasteiger partial charge on any atom is -0.438 e. The molecule has 1 amide bonds. The number of ether oxygens (including phenoxy) is 1. The lowest BCUT2D eigenvalue weighted by atomic mass is 9.62. The Morgan fingerprint density at radius 3 is 2.16 bits per heavy atom. The molecule has 37 heavy (non-hydrogen) atoms. The molecule has 1 heterocycles. The van der Waals surface area contributed by atoms with E-state index in [1.807, 2.05) is 82.2 Å². The molecule has 7 nitrogen and oxygen atoms in total. The fourth-order valence-electron chi connectivity index (χ4n) is 4.74. The van der Waals surface area contributed by atoms with Crippen LogP contribution in [-0.4, -0.2) is 63.2 Å². The van der Waals surface area contributed by atoms with Gasteiger partial charge in [-0.1, -0.05) is 61.4 Å². The average Bonchev–Trinajstić information content (AvgIpc) is 2.83. The zero-order chi connectivity index (χ0) is 27.6. The molecule has 3 atom stereocenters. The predicted molar refractivity (Wildman–Crippen MR) is 146 cm³/mol. The van der Waals surface area contributed by atoms with Crippen molar-refractivity contribution in [2.45, 2.75) is 89.7 Å². The maximum absolute atomic E-state index is 13.3. The summed E-state index contributed by atoms with van der Waals surface area (Å²) in [5, 5.41) is 30.7. The van der Waals surface area contributed by atoms with E-state index in [4.69, 9.17) is 9.39 Å². The van der Waals surface area contributed by atoms with Gasteiger partial charge in [-0.25, -0.2) is 4.79 Å². The molecule has 1 aliphatic rings. The highest BCUT2D eigenvalue weighted by Gasteiger charge is 2.47. The number of benzene rings is 2. The van der Waals surface area contributed by atoms with E-state index < -0.39 is 35.1 Å². The van der Waals surface area contributed by atoms with E-state index in [0.29, 0.717) is 13.0 Å². The molecule has 1 saturated heterocycles. The molecule has 0 saturated carbocycles. The van der Waals surface area contributed by atoms with Gasteiger partial charge in [0, 0.05) is 19.4 Å². The summed E-state index contributed by atoms with van der Waals surface area (Å²) >= 11 is 0. The zero-order valence-electron chi connectivity index (χ0n) is 23.2. The summed E-state index contributed by atoms with van der Waals surface area (Å²) in [6.45, 7) is 12.5. The van der Waals surface area contributed by atoms with Crippen LogP contribution in [0.2, 0.25) is 6.82 Å².